The van der Waals surface area contributed by atoms with Gasteiger partial charge in [0.15, 0.2) is 0 Å². The number of carbonyl (C=O) groups excluding carboxylic acids is 1. The van der Waals surface area contributed by atoms with Gasteiger partial charge in [-0.2, -0.15) is 0 Å². The van der Waals surface area contributed by atoms with Gasteiger partial charge in [0.2, 0.25) is 0 Å². The van der Waals surface area contributed by atoms with Crippen LogP contribution in [0.1, 0.15) is 71.6 Å². The Hall–Kier alpha value is -0.790. The lowest BCUT2D eigenvalue weighted by molar-refractivity contribution is -0.139. The van der Waals surface area contributed by atoms with Crippen molar-refractivity contribution >= 4 is 5.97 Å². The summed E-state index contributed by atoms with van der Waals surface area (Å²) in [6, 6.07) is 0. The van der Waals surface area contributed by atoms with Crippen LogP contribution in [0.15, 0.2) is 12.2 Å². The van der Waals surface area contributed by atoms with E-state index in [4.69, 9.17) is 4.74 Å². The molecule has 0 rings (SSSR count). The highest BCUT2D eigenvalue weighted by atomic mass is 16.5. The molecule has 2 nitrogen and oxygen atoms in total. The molecule has 17 heavy (non-hydrogen) atoms. The molecule has 0 fully saturated rings. The number of carbonyl (C=O) groups is 1. The zero-order valence-electron chi connectivity index (χ0n) is 11.6. The highest BCUT2D eigenvalue weighted by Gasteiger charge is 2.07. The summed E-state index contributed by atoms with van der Waals surface area (Å²) in [6.07, 6.45) is 10.2. The van der Waals surface area contributed by atoms with E-state index in [0.717, 1.165) is 25.7 Å². The number of rotatable bonds is 11. The SMILES string of the molecule is C=C(CCCCCCCC)C(=O)OCCCC. The topological polar surface area (TPSA) is 26.3 Å². The number of esters is 1. The summed E-state index contributed by atoms with van der Waals surface area (Å²) in [7, 11) is 0. The van der Waals surface area contributed by atoms with Gasteiger partial charge in [-0.25, -0.2) is 4.79 Å². The minimum absolute atomic E-state index is 0.202. The van der Waals surface area contributed by atoms with Gasteiger partial charge >= 0.3 is 5.97 Å². The van der Waals surface area contributed by atoms with Crippen LogP contribution in [0, 0.1) is 0 Å². The van der Waals surface area contributed by atoms with E-state index in [-0.39, 0.29) is 5.97 Å². The van der Waals surface area contributed by atoms with Gasteiger partial charge in [0.05, 0.1) is 6.61 Å². The van der Waals surface area contributed by atoms with Crippen LogP contribution in [0.4, 0.5) is 0 Å². The third-order valence-corrected chi connectivity index (χ3v) is 2.85. The summed E-state index contributed by atoms with van der Waals surface area (Å²) in [5.41, 5.74) is 0.636. The van der Waals surface area contributed by atoms with E-state index in [0.29, 0.717) is 12.2 Å². The van der Waals surface area contributed by atoms with Crippen LogP contribution >= 0.6 is 0 Å². The summed E-state index contributed by atoms with van der Waals surface area (Å²) in [5, 5.41) is 0. The number of hydrogen-bond acceptors (Lipinski definition) is 2. The van der Waals surface area contributed by atoms with Gasteiger partial charge in [0, 0.05) is 5.57 Å². The number of hydrogen-bond donors (Lipinski definition) is 0. The van der Waals surface area contributed by atoms with Crippen molar-refractivity contribution in [2.24, 2.45) is 0 Å². The molecule has 0 aromatic rings. The highest BCUT2D eigenvalue weighted by molar-refractivity contribution is 5.87. The molecule has 0 aromatic carbocycles. The van der Waals surface area contributed by atoms with Crippen molar-refractivity contribution in [3.63, 3.8) is 0 Å². The molecule has 0 spiro atoms. The Kier molecular flexibility index (Phi) is 11.1. The van der Waals surface area contributed by atoms with Crippen LogP contribution < -0.4 is 0 Å². The fraction of sp³-hybridized carbons (Fsp3) is 0.800. The minimum Gasteiger partial charge on any atom is -0.462 e. The molecule has 0 saturated heterocycles. The monoisotopic (exact) mass is 240 g/mol. The first-order valence-corrected chi connectivity index (χ1v) is 7.07. The Balaban J connectivity index is 3.41. The second kappa shape index (κ2) is 11.7. The van der Waals surface area contributed by atoms with Crippen LogP contribution in [0.3, 0.4) is 0 Å². The van der Waals surface area contributed by atoms with Crippen molar-refractivity contribution in [1.29, 1.82) is 0 Å². The lowest BCUT2D eigenvalue weighted by Crippen LogP contribution is -2.08. The van der Waals surface area contributed by atoms with Gasteiger partial charge in [-0.05, 0) is 19.3 Å². The molecule has 100 valence electrons. The molecular weight excluding hydrogens is 212 g/mol. The van der Waals surface area contributed by atoms with Crippen LogP contribution in [-0.2, 0) is 9.53 Å². The van der Waals surface area contributed by atoms with Crippen molar-refractivity contribution in [1.82, 2.24) is 0 Å². The fourth-order valence-corrected chi connectivity index (χ4v) is 1.63. The van der Waals surface area contributed by atoms with Crippen LogP contribution in [-0.4, -0.2) is 12.6 Å². The first-order chi connectivity index (χ1) is 8.22. The lowest BCUT2D eigenvalue weighted by Gasteiger charge is -2.06. The lowest BCUT2D eigenvalue weighted by atomic mass is 10.1. The first-order valence-electron chi connectivity index (χ1n) is 7.07. The third-order valence-electron chi connectivity index (χ3n) is 2.85. The summed E-state index contributed by atoms with van der Waals surface area (Å²) in [6.45, 7) is 8.62. The highest BCUT2D eigenvalue weighted by Crippen LogP contribution is 2.11. The molecule has 0 N–H and O–H groups in total. The van der Waals surface area contributed by atoms with E-state index in [2.05, 4.69) is 20.4 Å². The van der Waals surface area contributed by atoms with E-state index in [9.17, 15) is 4.79 Å². The van der Waals surface area contributed by atoms with Crippen LogP contribution in [0.5, 0.6) is 0 Å². The van der Waals surface area contributed by atoms with E-state index >= 15 is 0 Å². The van der Waals surface area contributed by atoms with Gasteiger partial charge in [-0.3, -0.25) is 0 Å². The molecule has 0 aliphatic carbocycles. The van der Waals surface area contributed by atoms with Crippen LogP contribution in [0.25, 0.3) is 0 Å². The van der Waals surface area contributed by atoms with Crippen molar-refractivity contribution in [3.05, 3.63) is 12.2 Å². The summed E-state index contributed by atoms with van der Waals surface area (Å²) >= 11 is 0. The molecule has 0 bridgehead atoms. The van der Waals surface area contributed by atoms with E-state index < -0.39 is 0 Å². The van der Waals surface area contributed by atoms with E-state index in [1.54, 1.807) is 0 Å². The van der Waals surface area contributed by atoms with Gasteiger partial charge in [-0.1, -0.05) is 59.0 Å². The van der Waals surface area contributed by atoms with E-state index in [1.807, 2.05) is 0 Å². The summed E-state index contributed by atoms with van der Waals surface area (Å²) < 4.78 is 5.10. The quantitative estimate of drug-likeness (QED) is 0.299. The Labute approximate surface area is 106 Å². The molecule has 0 heterocycles. The predicted octanol–water partition coefficient (Wildman–Crippen LogP) is 4.64. The molecular formula is C15H28O2. The van der Waals surface area contributed by atoms with Gasteiger partial charge < -0.3 is 4.74 Å². The molecule has 0 aromatic heterocycles. The average Bonchev–Trinajstić information content (AvgIpc) is 2.33. The van der Waals surface area contributed by atoms with Crippen molar-refractivity contribution in [2.75, 3.05) is 6.61 Å². The molecule has 0 aliphatic heterocycles. The maximum Gasteiger partial charge on any atom is 0.333 e. The van der Waals surface area contributed by atoms with Crippen molar-refractivity contribution in [2.45, 2.75) is 71.6 Å². The molecule has 0 unspecified atom stereocenters. The molecule has 2 heteroatoms. The van der Waals surface area contributed by atoms with Gasteiger partial charge in [-0.15, -0.1) is 0 Å². The summed E-state index contributed by atoms with van der Waals surface area (Å²) in [4.78, 5) is 11.5. The number of ether oxygens (including phenoxy) is 1. The Morgan fingerprint density at radius 2 is 1.53 bits per heavy atom. The Morgan fingerprint density at radius 1 is 0.941 bits per heavy atom. The molecule has 0 radical (unpaired) electrons. The molecule has 0 saturated carbocycles. The zero-order chi connectivity index (χ0) is 12.9. The smallest absolute Gasteiger partial charge is 0.333 e. The fourth-order valence-electron chi connectivity index (χ4n) is 1.63. The molecule has 0 amide bonds. The number of unbranched alkanes of at least 4 members (excludes halogenated alkanes) is 6. The van der Waals surface area contributed by atoms with Gasteiger partial charge in [0.1, 0.15) is 0 Å². The second-order valence-electron chi connectivity index (χ2n) is 4.61. The minimum atomic E-state index is -0.202. The summed E-state index contributed by atoms with van der Waals surface area (Å²) in [5.74, 6) is -0.202. The zero-order valence-corrected chi connectivity index (χ0v) is 11.6. The van der Waals surface area contributed by atoms with Gasteiger partial charge in [0.25, 0.3) is 0 Å². The van der Waals surface area contributed by atoms with Crippen molar-refractivity contribution < 1.29 is 9.53 Å². The Bertz CT molecular complexity index is 209. The maximum atomic E-state index is 11.5. The van der Waals surface area contributed by atoms with Crippen LogP contribution in [0.2, 0.25) is 0 Å². The van der Waals surface area contributed by atoms with Crippen molar-refractivity contribution in [3.8, 4) is 0 Å². The predicted molar refractivity (Wildman–Crippen MR) is 73.0 cm³/mol. The second-order valence-corrected chi connectivity index (χ2v) is 4.61. The van der Waals surface area contributed by atoms with E-state index in [1.165, 1.54) is 32.1 Å². The normalized spacial score (nSPS) is 10.2. The maximum absolute atomic E-state index is 11.5. The largest absolute Gasteiger partial charge is 0.462 e. The average molecular weight is 240 g/mol. The molecule has 0 atom stereocenters. The first kappa shape index (κ1) is 16.2. The molecule has 0 aliphatic rings. The Morgan fingerprint density at radius 3 is 2.18 bits per heavy atom. The standard InChI is InChI=1S/C15H28O2/c1-4-6-8-9-10-11-12-14(3)15(16)17-13-7-5-2/h3-13H2,1-2H3. The third kappa shape index (κ3) is 10.1.